The first-order valence-electron chi connectivity index (χ1n) is 9.24. The Morgan fingerprint density at radius 1 is 1.06 bits per heavy atom. The maximum absolute atomic E-state index is 13.0. The Balaban J connectivity index is 1.51. The van der Waals surface area contributed by atoms with Gasteiger partial charge in [0.15, 0.2) is 0 Å². The summed E-state index contributed by atoms with van der Waals surface area (Å²) in [6, 6.07) is 11.9. The summed E-state index contributed by atoms with van der Waals surface area (Å²) >= 11 is 25.5. The SMILES string of the molecule is N#CC1(NC(=O)c2cc(NC(=O)C3C(c4cc(Cl)cc(Cl)c4)C3(Br)Br)ccc2Cl)CC1. The number of halogens is 5. The molecule has 160 valence electrons. The molecule has 2 N–H and O–H groups in total. The van der Waals surface area contributed by atoms with E-state index in [-0.39, 0.29) is 22.4 Å². The Morgan fingerprint density at radius 2 is 1.71 bits per heavy atom. The molecule has 2 aromatic carbocycles. The van der Waals surface area contributed by atoms with Crippen LogP contribution in [-0.2, 0) is 4.79 Å². The number of hydrogen-bond donors (Lipinski definition) is 2. The largest absolute Gasteiger partial charge is 0.334 e. The van der Waals surface area contributed by atoms with Crippen LogP contribution in [0, 0.1) is 17.2 Å². The molecule has 0 radical (unpaired) electrons. The van der Waals surface area contributed by atoms with Crippen molar-refractivity contribution in [1.82, 2.24) is 5.32 Å². The van der Waals surface area contributed by atoms with Crippen molar-refractivity contribution in [2.24, 2.45) is 5.92 Å². The van der Waals surface area contributed by atoms with Crippen molar-refractivity contribution >= 4 is 84.2 Å². The van der Waals surface area contributed by atoms with Crippen LogP contribution < -0.4 is 10.6 Å². The number of alkyl halides is 2. The third kappa shape index (κ3) is 4.60. The van der Waals surface area contributed by atoms with Gasteiger partial charge < -0.3 is 10.6 Å². The van der Waals surface area contributed by atoms with Crippen molar-refractivity contribution in [3.05, 3.63) is 62.6 Å². The van der Waals surface area contributed by atoms with Crippen LogP contribution in [0.5, 0.6) is 0 Å². The van der Waals surface area contributed by atoms with Gasteiger partial charge in [-0.1, -0.05) is 66.7 Å². The zero-order valence-electron chi connectivity index (χ0n) is 15.7. The minimum Gasteiger partial charge on any atom is -0.334 e. The predicted molar refractivity (Wildman–Crippen MR) is 128 cm³/mol. The van der Waals surface area contributed by atoms with Crippen LogP contribution in [0.25, 0.3) is 0 Å². The number of anilines is 1. The minimum atomic E-state index is -0.815. The molecule has 0 bridgehead atoms. The molecule has 2 saturated carbocycles. The lowest BCUT2D eigenvalue weighted by Gasteiger charge is -2.12. The van der Waals surface area contributed by atoms with E-state index in [1.165, 1.54) is 12.1 Å². The molecule has 10 heteroatoms. The minimum absolute atomic E-state index is 0.191. The lowest BCUT2D eigenvalue weighted by molar-refractivity contribution is -0.117. The van der Waals surface area contributed by atoms with Crippen molar-refractivity contribution in [2.75, 3.05) is 5.32 Å². The lowest BCUT2D eigenvalue weighted by atomic mass is 10.1. The first kappa shape index (κ1) is 22.9. The molecule has 2 aliphatic carbocycles. The molecular formula is C21H14Br2Cl3N3O2. The molecule has 2 aromatic rings. The second-order valence-electron chi connectivity index (χ2n) is 7.66. The van der Waals surface area contributed by atoms with Crippen molar-refractivity contribution in [3.63, 3.8) is 0 Å². The summed E-state index contributed by atoms with van der Waals surface area (Å²) in [5.41, 5.74) is 0.629. The quantitative estimate of drug-likeness (QED) is 0.394. The average molecular weight is 607 g/mol. The summed E-state index contributed by atoms with van der Waals surface area (Å²) in [6.45, 7) is 0. The van der Waals surface area contributed by atoms with Crippen molar-refractivity contribution < 1.29 is 9.59 Å². The second kappa shape index (κ2) is 8.24. The zero-order chi connectivity index (χ0) is 22.6. The molecule has 0 saturated heterocycles. The highest BCUT2D eigenvalue weighted by Gasteiger charge is 2.66. The van der Waals surface area contributed by atoms with E-state index in [1.54, 1.807) is 24.3 Å². The average Bonchev–Trinajstić information content (AvgIpc) is 3.57. The number of carbonyl (C=O) groups excluding carboxylic acids is 2. The van der Waals surface area contributed by atoms with Crippen LogP contribution >= 0.6 is 66.7 Å². The molecule has 0 heterocycles. The van der Waals surface area contributed by atoms with E-state index in [0.29, 0.717) is 28.6 Å². The van der Waals surface area contributed by atoms with E-state index in [0.717, 1.165) is 5.56 Å². The fourth-order valence-electron chi connectivity index (χ4n) is 3.49. The topological polar surface area (TPSA) is 82.0 Å². The van der Waals surface area contributed by atoms with Gasteiger partial charge in [0.1, 0.15) is 8.77 Å². The van der Waals surface area contributed by atoms with Crippen LogP contribution in [0.4, 0.5) is 5.69 Å². The van der Waals surface area contributed by atoms with E-state index in [2.05, 4.69) is 48.6 Å². The third-order valence-electron chi connectivity index (χ3n) is 5.38. The summed E-state index contributed by atoms with van der Waals surface area (Å²) in [5.74, 6) is -1.33. The molecule has 2 amide bonds. The van der Waals surface area contributed by atoms with Gasteiger partial charge in [0.25, 0.3) is 5.91 Å². The molecule has 0 aliphatic heterocycles. The van der Waals surface area contributed by atoms with E-state index in [1.807, 2.05) is 0 Å². The highest BCUT2D eigenvalue weighted by atomic mass is 79.9. The van der Waals surface area contributed by atoms with Gasteiger partial charge in [-0.25, -0.2) is 0 Å². The maximum Gasteiger partial charge on any atom is 0.254 e. The molecular weight excluding hydrogens is 592 g/mol. The summed E-state index contributed by atoms with van der Waals surface area (Å²) in [6.07, 6.45) is 1.22. The molecule has 0 spiro atoms. The third-order valence-corrected chi connectivity index (χ3v) is 8.11. The van der Waals surface area contributed by atoms with Crippen LogP contribution in [0.1, 0.15) is 34.7 Å². The van der Waals surface area contributed by atoms with E-state index >= 15 is 0 Å². The Kier molecular flexibility index (Phi) is 6.08. The summed E-state index contributed by atoms with van der Waals surface area (Å²) in [4.78, 5) is 25.6. The van der Waals surface area contributed by atoms with Gasteiger partial charge in [-0.05, 0) is 54.8 Å². The fraction of sp³-hybridized carbons (Fsp3) is 0.286. The molecule has 5 nitrogen and oxygen atoms in total. The molecule has 2 atom stereocenters. The summed E-state index contributed by atoms with van der Waals surface area (Å²) < 4.78 is -0.643. The molecule has 4 rings (SSSR count). The molecule has 31 heavy (non-hydrogen) atoms. The van der Waals surface area contributed by atoms with Crippen molar-refractivity contribution in [2.45, 2.75) is 27.5 Å². The number of nitriles is 1. The standard InChI is InChI=1S/C21H14Br2Cl3N3O2/c22-21(23)16(10-5-11(24)7-12(25)6-10)17(21)19(31)28-13-1-2-15(26)14(8-13)18(30)29-20(9-27)3-4-20/h1-2,5-8,16-17H,3-4H2,(H,28,31)(H,29,30). The second-order valence-corrected chi connectivity index (χ2v) is 12.6. The van der Waals surface area contributed by atoms with Gasteiger partial charge >= 0.3 is 0 Å². The van der Waals surface area contributed by atoms with Gasteiger partial charge in [0, 0.05) is 21.7 Å². The highest BCUT2D eigenvalue weighted by Crippen LogP contribution is 2.67. The Morgan fingerprint density at radius 3 is 2.29 bits per heavy atom. The van der Waals surface area contributed by atoms with Gasteiger partial charge in [-0.3, -0.25) is 9.59 Å². The molecule has 0 aromatic heterocycles. The first-order chi connectivity index (χ1) is 14.6. The first-order valence-corrected chi connectivity index (χ1v) is 12.0. The highest BCUT2D eigenvalue weighted by molar-refractivity contribution is 9.25. The monoisotopic (exact) mass is 603 g/mol. The Hall–Kier alpha value is -1.30. The van der Waals surface area contributed by atoms with Gasteiger partial charge in [-0.2, -0.15) is 5.26 Å². The number of amides is 2. The van der Waals surface area contributed by atoms with Crippen LogP contribution in [0.2, 0.25) is 15.1 Å². The lowest BCUT2D eigenvalue weighted by Crippen LogP contribution is -2.35. The summed E-state index contributed by atoms with van der Waals surface area (Å²) in [7, 11) is 0. The van der Waals surface area contributed by atoms with Gasteiger partial charge in [0.05, 0.1) is 22.6 Å². The van der Waals surface area contributed by atoms with Gasteiger partial charge in [-0.15, -0.1) is 0 Å². The maximum atomic E-state index is 13.0. The van der Waals surface area contributed by atoms with Crippen LogP contribution in [0.15, 0.2) is 36.4 Å². The number of nitrogens with one attached hydrogen (secondary N) is 2. The van der Waals surface area contributed by atoms with Crippen LogP contribution in [0.3, 0.4) is 0 Å². The van der Waals surface area contributed by atoms with E-state index in [4.69, 9.17) is 34.8 Å². The Bertz CT molecular complexity index is 1120. The number of benzene rings is 2. The number of carbonyl (C=O) groups is 2. The zero-order valence-corrected chi connectivity index (χ0v) is 21.1. The molecule has 2 unspecified atom stereocenters. The normalized spacial score (nSPS) is 22.2. The number of rotatable bonds is 5. The van der Waals surface area contributed by atoms with Crippen molar-refractivity contribution in [3.8, 4) is 6.07 Å². The van der Waals surface area contributed by atoms with E-state index < -0.39 is 20.6 Å². The number of nitrogens with zero attached hydrogens (tertiary/aromatic N) is 1. The Labute approximate surface area is 210 Å². The van der Waals surface area contributed by atoms with Gasteiger partial charge in [0.2, 0.25) is 5.91 Å². The smallest absolute Gasteiger partial charge is 0.254 e. The number of hydrogen-bond acceptors (Lipinski definition) is 3. The van der Waals surface area contributed by atoms with Crippen LogP contribution in [-0.4, -0.2) is 20.6 Å². The molecule has 2 fully saturated rings. The van der Waals surface area contributed by atoms with Crippen molar-refractivity contribution in [1.29, 1.82) is 5.26 Å². The summed E-state index contributed by atoms with van der Waals surface area (Å²) in [5, 5.41) is 15.9. The van der Waals surface area contributed by atoms with E-state index in [9.17, 15) is 14.9 Å². The fourth-order valence-corrected chi connectivity index (χ4v) is 5.98. The predicted octanol–water partition coefficient (Wildman–Crippen LogP) is 6.27. The molecule has 2 aliphatic rings.